The summed E-state index contributed by atoms with van der Waals surface area (Å²) in [5.74, 6) is 1.78. The highest BCUT2D eigenvalue weighted by molar-refractivity contribution is 4.93. The van der Waals surface area contributed by atoms with E-state index in [4.69, 9.17) is 0 Å². The Hall–Kier alpha value is 0. The zero-order chi connectivity index (χ0) is 7.40. The molecule has 1 fully saturated rings. The average molecular weight is 138 g/mol. The van der Waals surface area contributed by atoms with E-state index in [2.05, 4.69) is 26.7 Å². The van der Waals surface area contributed by atoms with E-state index in [1.807, 2.05) is 0 Å². The van der Waals surface area contributed by atoms with Crippen LogP contribution in [-0.4, -0.2) is 0 Å². The molecule has 1 rings (SSSR count). The van der Waals surface area contributed by atoms with Crippen LogP contribution in [0.1, 0.15) is 39.5 Å². The Morgan fingerprint density at radius 2 is 1.40 bits per heavy atom. The molecule has 1 saturated carbocycles. The number of hydrogen-bond donors (Lipinski definition) is 0. The highest BCUT2D eigenvalue weighted by atomic mass is 14.2. The van der Waals surface area contributed by atoms with Gasteiger partial charge in [-0.05, 0) is 37.5 Å². The molecular formula is C10H18. The van der Waals surface area contributed by atoms with E-state index >= 15 is 0 Å². The van der Waals surface area contributed by atoms with Crippen LogP contribution < -0.4 is 0 Å². The first-order valence-electron chi connectivity index (χ1n) is 4.53. The Morgan fingerprint density at radius 3 is 1.60 bits per heavy atom. The minimum absolute atomic E-state index is 0.891. The van der Waals surface area contributed by atoms with Crippen molar-refractivity contribution in [1.29, 1.82) is 0 Å². The van der Waals surface area contributed by atoms with Gasteiger partial charge < -0.3 is 0 Å². The first-order chi connectivity index (χ1) is 4.86. The molecule has 58 valence electrons. The lowest BCUT2D eigenvalue weighted by atomic mass is 9.80. The van der Waals surface area contributed by atoms with Gasteiger partial charge in [0, 0.05) is 0 Å². The lowest BCUT2D eigenvalue weighted by Crippen LogP contribution is -2.14. The summed E-state index contributed by atoms with van der Waals surface area (Å²) in [5, 5.41) is 0. The van der Waals surface area contributed by atoms with E-state index in [1.54, 1.807) is 0 Å². The first kappa shape index (κ1) is 8.10. The summed E-state index contributed by atoms with van der Waals surface area (Å²) >= 11 is 0. The Bertz CT molecular complexity index is 66.0. The van der Waals surface area contributed by atoms with E-state index in [0.717, 1.165) is 11.8 Å². The van der Waals surface area contributed by atoms with Gasteiger partial charge in [-0.25, -0.2) is 0 Å². The van der Waals surface area contributed by atoms with Crippen molar-refractivity contribution in [1.82, 2.24) is 0 Å². The van der Waals surface area contributed by atoms with Gasteiger partial charge in [0.15, 0.2) is 0 Å². The normalized spacial score (nSPS) is 34.2. The van der Waals surface area contributed by atoms with Crippen LogP contribution in [0.5, 0.6) is 0 Å². The number of hydrogen-bond acceptors (Lipinski definition) is 0. The molecule has 2 radical (unpaired) electrons. The van der Waals surface area contributed by atoms with Gasteiger partial charge in [-0.3, -0.25) is 0 Å². The summed E-state index contributed by atoms with van der Waals surface area (Å²) in [5.41, 5.74) is 0. The Morgan fingerprint density at radius 1 is 1.00 bits per heavy atom. The van der Waals surface area contributed by atoms with E-state index in [9.17, 15) is 0 Å². The lowest BCUT2D eigenvalue weighted by molar-refractivity contribution is 0.411. The summed E-state index contributed by atoms with van der Waals surface area (Å²) < 4.78 is 0. The SMILES string of the molecule is CCC1[CH]CC(CC)[CH]C1. The fourth-order valence-electron chi connectivity index (χ4n) is 1.59. The number of rotatable bonds is 2. The molecule has 0 aromatic carbocycles. The summed E-state index contributed by atoms with van der Waals surface area (Å²) in [6, 6.07) is 0. The van der Waals surface area contributed by atoms with Crippen molar-refractivity contribution in [2.45, 2.75) is 39.5 Å². The molecule has 0 saturated heterocycles. The Kier molecular flexibility index (Phi) is 3.24. The molecule has 0 bridgehead atoms. The van der Waals surface area contributed by atoms with Gasteiger partial charge in [0.2, 0.25) is 0 Å². The van der Waals surface area contributed by atoms with Crippen molar-refractivity contribution < 1.29 is 0 Å². The van der Waals surface area contributed by atoms with Crippen LogP contribution in [0.4, 0.5) is 0 Å². The molecule has 1 aliphatic rings. The molecule has 2 atom stereocenters. The van der Waals surface area contributed by atoms with Crippen molar-refractivity contribution >= 4 is 0 Å². The van der Waals surface area contributed by atoms with E-state index in [0.29, 0.717) is 0 Å². The molecule has 0 spiro atoms. The molecule has 1 aliphatic carbocycles. The maximum Gasteiger partial charge on any atom is -0.0352 e. The predicted octanol–water partition coefficient (Wildman–Crippen LogP) is 3.24. The second-order valence-electron chi connectivity index (χ2n) is 3.28. The fraction of sp³-hybridized carbons (Fsp3) is 0.800. The van der Waals surface area contributed by atoms with Crippen LogP contribution in [0, 0.1) is 24.7 Å². The van der Waals surface area contributed by atoms with Gasteiger partial charge in [-0.2, -0.15) is 0 Å². The zero-order valence-corrected chi connectivity index (χ0v) is 7.14. The molecule has 2 unspecified atom stereocenters. The van der Waals surface area contributed by atoms with Crippen LogP contribution in [0.15, 0.2) is 0 Å². The molecular weight excluding hydrogens is 120 g/mol. The molecule has 0 aliphatic heterocycles. The standard InChI is InChI=1S/C10H18/c1-3-9-5-7-10(4-2)8-6-9/h5,8-10H,3-4,6-7H2,1-2H3. The molecule has 0 aromatic heterocycles. The lowest BCUT2D eigenvalue weighted by Gasteiger charge is -2.26. The molecule has 0 nitrogen and oxygen atoms in total. The van der Waals surface area contributed by atoms with Gasteiger partial charge in [-0.1, -0.05) is 26.7 Å². The van der Waals surface area contributed by atoms with Crippen LogP contribution >= 0.6 is 0 Å². The quantitative estimate of drug-likeness (QED) is 0.549. The Labute approximate surface area is 65.0 Å². The topological polar surface area (TPSA) is 0 Å². The van der Waals surface area contributed by atoms with Crippen LogP contribution in [0.25, 0.3) is 0 Å². The largest absolute Gasteiger partial charge is 0.0651 e. The second kappa shape index (κ2) is 4.00. The molecule has 0 N–H and O–H groups in total. The summed E-state index contributed by atoms with van der Waals surface area (Å²) in [6.07, 6.45) is 10.3. The molecule has 0 aromatic rings. The minimum Gasteiger partial charge on any atom is -0.0651 e. The maximum atomic E-state index is 2.51. The first-order valence-corrected chi connectivity index (χ1v) is 4.53. The average Bonchev–Trinajstić information content (AvgIpc) is 2.05. The van der Waals surface area contributed by atoms with Crippen molar-refractivity contribution in [3.63, 3.8) is 0 Å². The second-order valence-corrected chi connectivity index (χ2v) is 3.28. The fourth-order valence-corrected chi connectivity index (χ4v) is 1.59. The van der Waals surface area contributed by atoms with Crippen molar-refractivity contribution in [3.8, 4) is 0 Å². The monoisotopic (exact) mass is 138 g/mol. The van der Waals surface area contributed by atoms with E-state index in [-0.39, 0.29) is 0 Å². The third kappa shape index (κ3) is 2.00. The van der Waals surface area contributed by atoms with Crippen molar-refractivity contribution in [3.05, 3.63) is 12.8 Å². The van der Waals surface area contributed by atoms with E-state index in [1.165, 1.54) is 25.7 Å². The third-order valence-electron chi connectivity index (χ3n) is 2.59. The maximum absolute atomic E-state index is 2.51. The van der Waals surface area contributed by atoms with Gasteiger partial charge >= 0.3 is 0 Å². The minimum atomic E-state index is 0.891. The summed E-state index contributed by atoms with van der Waals surface area (Å²) in [7, 11) is 0. The van der Waals surface area contributed by atoms with Gasteiger partial charge in [0.25, 0.3) is 0 Å². The van der Waals surface area contributed by atoms with Gasteiger partial charge in [-0.15, -0.1) is 0 Å². The zero-order valence-electron chi connectivity index (χ0n) is 7.14. The summed E-state index contributed by atoms with van der Waals surface area (Å²) in [4.78, 5) is 0. The Balaban J connectivity index is 2.17. The van der Waals surface area contributed by atoms with E-state index < -0.39 is 0 Å². The molecule has 0 amide bonds. The molecule has 10 heavy (non-hydrogen) atoms. The van der Waals surface area contributed by atoms with Gasteiger partial charge in [0.05, 0.1) is 0 Å². The highest BCUT2D eigenvalue weighted by Crippen LogP contribution is 2.30. The van der Waals surface area contributed by atoms with Crippen LogP contribution in [0.2, 0.25) is 0 Å². The van der Waals surface area contributed by atoms with Crippen LogP contribution in [0.3, 0.4) is 0 Å². The molecule has 0 heterocycles. The summed E-state index contributed by atoms with van der Waals surface area (Å²) in [6.45, 7) is 4.56. The van der Waals surface area contributed by atoms with Crippen LogP contribution in [-0.2, 0) is 0 Å². The third-order valence-corrected chi connectivity index (χ3v) is 2.59. The highest BCUT2D eigenvalue weighted by Gasteiger charge is 2.18. The van der Waals surface area contributed by atoms with Crippen molar-refractivity contribution in [2.75, 3.05) is 0 Å². The predicted molar refractivity (Wildman–Crippen MR) is 45.4 cm³/mol. The van der Waals surface area contributed by atoms with Crippen molar-refractivity contribution in [2.24, 2.45) is 11.8 Å². The smallest absolute Gasteiger partial charge is 0.0352 e. The molecule has 0 heteroatoms. The van der Waals surface area contributed by atoms with Gasteiger partial charge in [0.1, 0.15) is 0 Å².